The van der Waals surface area contributed by atoms with Crippen LogP contribution in [-0.2, 0) is 9.53 Å². The number of amidine groups is 1. The zero-order chi connectivity index (χ0) is 23.0. The highest BCUT2D eigenvalue weighted by Crippen LogP contribution is 2.34. The molecule has 1 unspecified atom stereocenters. The van der Waals surface area contributed by atoms with Crippen LogP contribution in [-0.4, -0.2) is 71.2 Å². The first-order valence-corrected chi connectivity index (χ1v) is 11.4. The Hall–Kier alpha value is -3.46. The summed E-state index contributed by atoms with van der Waals surface area (Å²) in [7, 11) is 0. The third-order valence-electron chi connectivity index (χ3n) is 6.38. The molecule has 0 aromatic carbocycles. The molecule has 0 radical (unpaired) electrons. The van der Waals surface area contributed by atoms with Crippen LogP contribution < -0.4 is 16.4 Å². The summed E-state index contributed by atoms with van der Waals surface area (Å²) in [5, 5.41) is 0. The van der Waals surface area contributed by atoms with Crippen LogP contribution in [0.4, 0.5) is 5.69 Å². The van der Waals surface area contributed by atoms with Crippen molar-refractivity contribution in [1.29, 1.82) is 0 Å². The standard InChI is InChI=1S/C24H29N7O2/c1-16-2-3-17(6-9-27-23(25)33-16)19-4-5-20-21(29-19)14-18(15-28-20)30-10-12-31(13-11-30)22(32)24(26)7-8-24/h2-6,14-16H,7-13,26H2,1H3,(H2,25,27). The Labute approximate surface area is 192 Å². The average Bonchev–Trinajstić information content (AvgIpc) is 3.57. The number of allylic oxidation sites excluding steroid dienone is 2. The minimum atomic E-state index is -0.604. The lowest BCUT2D eigenvalue weighted by Gasteiger charge is -2.37. The van der Waals surface area contributed by atoms with E-state index in [9.17, 15) is 4.79 Å². The number of carbonyl (C=O) groups excluding carboxylic acids is 1. The number of rotatable bonds is 3. The van der Waals surface area contributed by atoms with E-state index in [2.05, 4.69) is 20.9 Å². The molecule has 3 aliphatic rings. The van der Waals surface area contributed by atoms with Crippen LogP contribution in [0.15, 0.2) is 47.6 Å². The van der Waals surface area contributed by atoms with E-state index in [4.69, 9.17) is 21.2 Å². The van der Waals surface area contributed by atoms with Gasteiger partial charge in [-0.05, 0) is 49.6 Å². The van der Waals surface area contributed by atoms with Gasteiger partial charge in [-0.2, -0.15) is 0 Å². The maximum absolute atomic E-state index is 12.5. The molecule has 1 aliphatic carbocycles. The molecular weight excluding hydrogens is 418 g/mol. The molecule has 172 valence electrons. The van der Waals surface area contributed by atoms with Crippen LogP contribution in [0.25, 0.3) is 16.6 Å². The van der Waals surface area contributed by atoms with Crippen LogP contribution in [0.3, 0.4) is 0 Å². The van der Waals surface area contributed by atoms with Crippen molar-refractivity contribution in [3.8, 4) is 0 Å². The van der Waals surface area contributed by atoms with Crippen molar-refractivity contribution in [2.24, 2.45) is 16.5 Å². The van der Waals surface area contributed by atoms with E-state index >= 15 is 0 Å². The van der Waals surface area contributed by atoms with E-state index in [1.165, 1.54) is 0 Å². The van der Waals surface area contributed by atoms with Crippen LogP contribution in [0.1, 0.15) is 25.5 Å². The number of ether oxygens (including phenoxy) is 1. The van der Waals surface area contributed by atoms with Crippen LogP contribution in [0, 0.1) is 0 Å². The van der Waals surface area contributed by atoms with Gasteiger partial charge >= 0.3 is 0 Å². The fourth-order valence-corrected chi connectivity index (χ4v) is 4.16. The van der Waals surface area contributed by atoms with E-state index in [1.807, 2.05) is 48.4 Å². The van der Waals surface area contributed by atoms with Gasteiger partial charge in [0.25, 0.3) is 6.02 Å². The molecular formula is C24H29N7O2. The number of nitrogens with zero attached hydrogens (tertiary/aromatic N) is 5. The lowest BCUT2D eigenvalue weighted by atomic mass is 10.1. The first-order chi connectivity index (χ1) is 15.9. The Kier molecular flexibility index (Phi) is 5.49. The number of pyridine rings is 2. The number of aromatic nitrogens is 2. The van der Waals surface area contributed by atoms with Crippen molar-refractivity contribution >= 4 is 34.2 Å². The summed E-state index contributed by atoms with van der Waals surface area (Å²) < 4.78 is 5.49. The smallest absolute Gasteiger partial charge is 0.282 e. The molecule has 33 heavy (non-hydrogen) atoms. The van der Waals surface area contributed by atoms with Crippen LogP contribution in [0.2, 0.25) is 0 Å². The summed E-state index contributed by atoms with van der Waals surface area (Å²) in [6.07, 6.45) is 9.21. The minimum absolute atomic E-state index is 0.0900. The van der Waals surface area contributed by atoms with Gasteiger partial charge in [-0.25, -0.2) is 9.98 Å². The molecule has 2 aromatic rings. The Morgan fingerprint density at radius 2 is 1.97 bits per heavy atom. The Morgan fingerprint density at radius 3 is 2.73 bits per heavy atom. The largest absolute Gasteiger partial charge is 0.458 e. The van der Waals surface area contributed by atoms with Gasteiger partial charge in [-0.3, -0.25) is 9.78 Å². The quantitative estimate of drug-likeness (QED) is 0.730. The molecule has 0 spiro atoms. The summed E-state index contributed by atoms with van der Waals surface area (Å²) in [4.78, 5) is 30.4. The van der Waals surface area contributed by atoms with Gasteiger partial charge in [0.15, 0.2) is 0 Å². The van der Waals surface area contributed by atoms with Crippen LogP contribution >= 0.6 is 0 Å². The number of anilines is 1. The molecule has 4 heterocycles. The van der Waals surface area contributed by atoms with Gasteiger partial charge in [0, 0.05) is 26.2 Å². The van der Waals surface area contributed by atoms with Gasteiger partial charge in [-0.1, -0.05) is 12.2 Å². The second-order valence-electron chi connectivity index (χ2n) is 8.88. The summed E-state index contributed by atoms with van der Waals surface area (Å²) in [6.45, 7) is 5.18. The summed E-state index contributed by atoms with van der Waals surface area (Å²) >= 11 is 0. The molecule has 1 saturated heterocycles. The third kappa shape index (κ3) is 4.54. The van der Waals surface area contributed by atoms with E-state index in [1.54, 1.807) is 0 Å². The number of nitrogens with two attached hydrogens (primary N) is 2. The second kappa shape index (κ2) is 8.47. The normalized spacial score (nSPS) is 22.5. The maximum Gasteiger partial charge on any atom is 0.282 e. The lowest BCUT2D eigenvalue weighted by molar-refractivity contribution is -0.133. The first-order valence-electron chi connectivity index (χ1n) is 11.4. The lowest BCUT2D eigenvalue weighted by Crippen LogP contribution is -2.54. The molecule has 1 saturated carbocycles. The molecule has 2 aliphatic heterocycles. The monoisotopic (exact) mass is 447 g/mol. The van der Waals surface area contributed by atoms with Crippen molar-refractivity contribution in [3.05, 3.63) is 48.3 Å². The van der Waals surface area contributed by atoms with Crippen molar-refractivity contribution < 1.29 is 9.53 Å². The summed E-state index contributed by atoms with van der Waals surface area (Å²) in [6, 6.07) is 6.20. The predicted molar refractivity (Wildman–Crippen MR) is 129 cm³/mol. The van der Waals surface area contributed by atoms with Gasteiger partial charge in [0.2, 0.25) is 5.91 Å². The number of amides is 1. The van der Waals surface area contributed by atoms with Gasteiger partial charge in [0.05, 0.1) is 40.7 Å². The molecule has 1 atom stereocenters. The van der Waals surface area contributed by atoms with Crippen molar-refractivity contribution in [2.75, 3.05) is 37.6 Å². The minimum Gasteiger partial charge on any atom is -0.458 e. The molecule has 9 nitrogen and oxygen atoms in total. The van der Waals surface area contributed by atoms with E-state index < -0.39 is 5.54 Å². The molecule has 5 rings (SSSR count). The number of fused-ring (bicyclic) bond motifs is 1. The fourth-order valence-electron chi connectivity index (χ4n) is 4.16. The van der Waals surface area contributed by atoms with E-state index in [0.717, 1.165) is 53.9 Å². The van der Waals surface area contributed by atoms with E-state index in [0.29, 0.717) is 19.6 Å². The first kappa shape index (κ1) is 21.4. The Morgan fingerprint density at radius 1 is 1.18 bits per heavy atom. The zero-order valence-corrected chi connectivity index (χ0v) is 18.8. The highest BCUT2D eigenvalue weighted by Gasteiger charge is 2.48. The van der Waals surface area contributed by atoms with Gasteiger partial charge < -0.3 is 26.0 Å². The highest BCUT2D eigenvalue weighted by molar-refractivity contribution is 5.89. The maximum atomic E-state index is 12.5. The number of aliphatic imine (C=N–C) groups is 1. The van der Waals surface area contributed by atoms with E-state index in [-0.39, 0.29) is 18.0 Å². The summed E-state index contributed by atoms with van der Waals surface area (Å²) in [5.74, 6) is 0.0900. The third-order valence-corrected chi connectivity index (χ3v) is 6.38. The number of hydrogen-bond donors (Lipinski definition) is 2. The average molecular weight is 448 g/mol. The fraction of sp³-hybridized carbons (Fsp3) is 0.417. The molecule has 9 heteroatoms. The SMILES string of the molecule is CC1C=CC(c2ccc3ncc(N4CCN(C(=O)C5(N)CC5)CC4)cc3n2)=CCN=C(N)O1. The second-order valence-corrected chi connectivity index (χ2v) is 8.88. The molecule has 0 bridgehead atoms. The Bertz CT molecular complexity index is 1160. The number of piperazine rings is 1. The number of carbonyl (C=O) groups is 1. The van der Waals surface area contributed by atoms with Crippen molar-refractivity contribution in [1.82, 2.24) is 14.9 Å². The summed E-state index contributed by atoms with van der Waals surface area (Å²) in [5.41, 5.74) is 15.7. The highest BCUT2D eigenvalue weighted by atomic mass is 16.5. The van der Waals surface area contributed by atoms with Gasteiger partial charge in [0.1, 0.15) is 6.10 Å². The predicted octanol–water partition coefficient (Wildman–Crippen LogP) is 1.44. The Balaban J connectivity index is 1.35. The van der Waals surface area contributed by atoms with Gasteiger partial charge in [-0.15, -0.1) is 0 Å². The molecule has 2 aromatic heterocycles. The molecule has 4 N–H and O–H groups in total. The number of hydrogen-bond acceptors (Lipinski definition) is 8. The molecule has 1 amide bonds. The molecule has 2 fully saturated rings. The zero-order valence-electron chi connectivity index (χ0n) is 18.8. The van der Waals surface area contributed by atoms with Crippen molar-refractivity contribution in [2.45, 2.75) is 31.4 Å². The topological polar surface area (TPSA) is 123 Å². The van der Waals surface area contributed by atoms with Crippen molar-refractivity contribution in [3.63, 3.8) is 0 Å². The van der Waals surface area contributed by atoms with Crippen LogP contribution in [0.5, 0.6) is 0 Å².